The Morgan fingerprint density at radius 1 is 1.16 bits per heavy atom. The number of anilines is 2. The first kappa shape index (κ1) is 23.2. The molecule has 1 amide bonds. The van der Waals surface area contributed by atoms with Gasteiger partial charge in [-0.1, -0.05) is 17.7 Å². The molecule has 1 aromatic carbocycles. The second-order valence-electron chi connectivity index (χ2n) is 6.99. The zero-order chi connectivity index (χ0) is 23.5. The van der Waals surface area contributed by atoms with E-state index in [1.807, 2.05) is 25.1 Å². The zero-order valence-corrected chi connectivity index (χ0v) is 17.9. The Kier molecular flexibility index (Phi) is 6.78. The van der Waals surface area contributed by atoms with Gasteiger partial charge >= 0.3 is 6.18 Å². The Labute approximate surface area is 187 Å². The lowest BCUT2D eigenvalue weighted by Gasteiger charge is -2.15. The molecule has 0 aliphatic rings. The molecule has 0 saturated carbocycles. The van der Waals surface area contributed by atoms with Gasteiger partial charge in [-0.15, -0.1) is 0 Å². The summed E-state index contributed by atoms with van der Waals surface area (Å²) in [7, 11) is 0. The minimum atomic E-state index is -4.47. The van der Waals surface area contributed by atoms with Crippen molar-refractivity contribution >= 4 is 34.7 Å². The molecule has 3 aromatic rings. The van der Waals surface area contributed by atoms with Crippen LogP contribution in [0.15, 0.2) is 48.7 Å². The molecule has 0 atom stereocenters. The molecule has 0 radical (unpaired) electrons. The Balaban J connectivity index is 1.82. The standard InChI is InChI=1S/C22H19ClF3N5O/c1-12-4-3-5-16(30-12)10-28-20-18(13(2)27)19(23)17(11-29-20)21(32)31-15-8-6-14(7-9-15)22(24,25)26/h3-9,11,27H,10H2,1-2H3,(H,28,29)(H,31,32). The number of aromatic nitrogens is 2. The van der Waals surface area contributed by atoms with Crippen LogP contribution >= 0.6 is 11.6 Å². The van der Waals surface area contributed by atoms with Gasteiger partial charge < -0.3 is 16.0 Å². The van der Waals surface area contributed by atoms with E-state index in [9.17, 15) is 18.0 Å². The number of alkyl halides is 3. The molecule has 0 unspecified atom stereocenters. The molecule has 2 aromatic heterocycles. The number of hydrogen-bond acceptors (Lipinski definition) is 5. The fourth-order valence-electron chi connectivity index (χ4n) is 2.94. The number of benzene rings is 1. The zero-order valence-electron chi connectivity index (χ0n) is 17.1. The highest BCUT2D eigenvalue weighted by atomic mass is 35.5. The summed E-state index contributed by atoms with van der Waals surface area (Å²) in [5, 5.41) is 13.6. The van der Waals surface area contributed by atoms with Crippen LogP contribution in [0.25, 0.3) is 0 Å². The number of amides is 1. The monoisotopic (exact) mass is 461 g/mol. The Hall–Kier alpha value is -3.46. The number of nitrogens with one attached hydrogen (secondary N) is 3. The lowest BCUT2D eigenvalue weighted by molar-refractivity contribution is -0.137. The summed E-state index contributed by atoms with van der Waals surface area (Å²) in [6, 6.07) is 9.62. The minimum absolute atomic E-state index is 0.00704. The van der Waals surface area contributed by atoms with Crippen LogP contribution in [0.3, 0.4) is 0 Å². The quantitative estimate of drug-likeness (QED) is 0.410. The van der Waals surface area contributed by atoms with E-state index in [0.717, 1.165) is 35.7 Å². The largest absolute Gasteiger partial charge is 0.416 e. The van der Waals surface area contributed by atoms with Crippen molar-refractivity contribution in [2.24, 2.45) is 0 Å². The number of carbonyl (C=O) groups is 1. The fourth-order valence-corrected chi connectivity index (χ4v) is 3.30. The topological polar surface area (TPSA) is 90.8 Å². The van der Waals surface area contributed by atoms with E-state index in [4.69, 9.17) is 17.0 Å². The predicted octanol–water partition coefficient (Wildman–Crippen LogP) is 5.71. The van der Waals surface area contributed by atoms with E-state index >= 15 is 0 Å². The van der Waals surface area contributed by atoms with Gasteiger partial charge in [-0.05, 0) is 50.2 Å². The lowest BCUT2D eigenvalue weighted by Crippen LogP contribution is -2.16. The molecule has 3 N–H and O–H groups in total. The molecule has 0 saturated heterocycles. The molecule has 0 fully saturated rings. The van der Waals surface area contributed by atoms with Gasteiger partial charge in [-0.2, -0.15) is 13.2 Å². The van der Waals surface area contributed by atoms with Gasteiger partial charge in [0.1, 0.15) is 5.82 Å². The summed E-state index contributed by atoms with van der Waals surface area (Å²) >= 11 is 6.42. The third-order valence-electron chi connectivity index (χ3n) is 4.49. The molecule has 0 bridgehead atoms. The maximum Gasteiger partial charge on any atom is 0.416 e. The number of pyridine rings is 2. The van der Waals surface area contributed by atoms with E-state index in [2.05, 4.69) is 20.6 Å². The Bertz CT molecular complexity index is 1160. The number of hydrogen-bond donors (Lipinski definition) is 3. The Morgan fingerprint density at radius 3 is 2.44 bits per heavy atom. The van der Waals surface area contributed by atoms with Crippen LogP contribution in [0.4, 0.5) is 24.7 Å². The molecule has 3 rings (SSSR count). The van der Waals surface area contributed by atoms with Gasteiger partial charge in [-0.25, -0.2) is 4.98 Å². The van der Waals surface area contributed by atoms with Crippen LogP contribution in [-0.4, -0.2) is 21.6 Å². The highest BCUT2D eigenvalue weighted by Crippen LogP contribution is 2.31. The number of halogens is 4. The van der Waals surface area contributed by atoms with Crippen molar-refractivity contribution < 1.29 is 18.0 Å². The van der Waals surface area contributed by atoms with Crippen LogP contribution in [0.5, 0.6) is 0 Å². The van der Waals surface area contributed by atoms with Crippen molar-refractivity contribution in [3.05, 3.63) is 81.8 Å². The van der Waals surface area contributed by atoms with Gasteiger partial charge in [0.2, 0.25) is 0 Å². The first-order valence-corrected chi connectivity index (χ1v) is 9.83. The molecule has 10 heteroatoms. The van der Waals surface area contributed by atoms with Crippen LogP contribution in [-0.2, 0) is 12.7 Å². The van der Waals surface area contributed by atoms with Crippen molar-refractivity contribution in [1.29, 1.82) is 5.41 Å². The second kappa shape index (κ2) is 9.35. The maximum atomic E-state index is 12.7. The van der Waals surface area contributed by atoms with Crippen molar-refractivity contribution in [3.8, 4) is 0 Å². The number of rotatable bonds is 6. The molecule has 0 spiro atoms. The van der Waals surface area contributed by atoms with Crippen molar-refractivity contribution in [1.82, 2.24) is 9.97 Å². The molecule has 0 aliphatic carbocycles. The summed E-state index contributed by atoms with van der Waals surface area (Å²) < 4.78 is 38.1. The maximum absolute atomic E-state index is 12.7. The fraction of sp³-hybridized carbons (Fsp3) is 0.182. The number of carbonyl (C=O) groups excluding carboxylic acids is 1. The first-order chi connectivity index (χ1) is 15.1. The molecule has 166 valence electrons. The van der Waals surface area contributed by atoms with Gasteiger partial charge in [0.05, 0.1) is 34.0 Å². The van der Waals surface area contributed by atoms with Gasteiger partial charge in [0.15, 0.2) is 0 Å². The average Bonchev–Trinajstić information content (AvgIpc) is 2.71. The number of aryl methyl sites for hydroxylation is 1. The van der Waals surface area contributed by atoms with Gasteiger partial charge in [0, 0.05) is 23.3 Å². The molecular formula is C22H19ClF3N5O. The molecule has 32 heavy (non-hydrogen) atoms. The summed E-state index contributed by atoms with van der Waals surface area (Å²) in [6.07, 6.45) is -3.22. The average molecular weight is 462 g/mol. The van der Waals surface area contributed by atoms with Crippen LogP contribution < -0.4 is 10.6 Å². The third-order valence-corrected chi connectivity index (χ3v) is 4.88. The SMILES string of the molecule is CC(=N)c1c(NCc2cccc(C)n2)ncc(C(=O)Nc2ccc(C(F)(F)F)cc2)c1Cl. The second-order valence-corrected chi connectivity index (χ2v) is 7.37. The summed E-state index contributed by atoms with van der Waals surface area (Å²) in [4.78, 5) is 21.3. The molecule has 2 heterocycles. The van der Waals surface area contributed by atoms with Gasteiger partial charge in [0.25, 0.3) is 5.91 Å². The number of nitrogens with zero attached hydrogens (tertiary/aromatic N) is 2. The minimum Gasteiger partial charge on any atom is -0.364 e. The van der Waals surface area contributed by atoms with Gasteiger partial charge in [-0.3, -0.25) is 9.78 Å². The van der Waals surface area contributed by atoms with E-state index in [1.54, 1.807) is 0 Å². The highest BCUT2D eigenvalue weighted by Gasteiger charge is 2.30. The van der Waals surface area contributed by atoms with Crippen molar-refractivity contribution in [2.75, 3.05) is 10.6 Å². The van der Waals surface area contributed by atoms with E-state index in [0.29, 0.717) is 12.4 Å². The van der Waals surface area contributed by atoms with Crippen LogP contribution in [0, 0.1) is 12.3 Å². The summed E-state index contributed by atoms with van der Waals surface area (Å²) in [5.41, 5.74) is 1.29. The molecule has 0 aliphatic heterocycles. The van der Waals surface area contributed by atoms with E-state index in [1.165, 1.54) is 13.1 Å². The lowest BCUT2D eigenvalue weighted by atomic mass is 10.1. The van der Waals surface area contributed by atoms with E-state index < -0.39 is 17.6 Å². The van der Waals surface area contributed by atoms with Crippen molar-refractivity contribution in [2.45, 2.75) is 26.6 Å². The predicted molar refractivity (Wildman–Crippen MR) is 117 cm³/mol. The highest BCUT2D eigenvalue weighted by molar-refractivity contribution is 6.38. The Morgan fingerprint density at radius 2 is 1.84 bits per heavy atom. The summed E-state index contributed by atoms with van der Waals surface area (Å²) in [6.45, 7) is 3.72. The molecular weight excluding hydrogens is 443 g/mol. The van der Waals surface area contributed by atoms with Crippen molar-refractivity contribution in [3.63, 3.8) is 0 Å². The molecule has 6 nitrogen and oxygen atoms in total. The summed E-state index contributed by atoms with van der Waals surface area (Å²) in [5.74, 6) is -0.339. The third kappa shape index (κ3) is 5.42. The normalized spacial score (nSPS) is 11.2. The van der Waals surface area contributed by atoms with Crippen LogP contribution in [0.2, 0.25) is 5.02 Å². The first-order valence-electron chi connectivity index (χ1n) is 9.45. The van der Waals surface area contributed by atoms with E-state index in [-0.39, 0.29) is 27.5 Å². The van der Waals surface area contributed by atoms with Crippen LogP contribution in [0.1, 0.15) is 39.8 Å². The smallest absolute Gasteiger partial charge is 0.364 e.